The first kappa shape index (κ1) is 29.0. The molecule has 5 nitrogen and oxygen atoms in total. The summed E-state index contributed by atoms with van der Waals surface area (Å²) < 4.78 is 42.9. The Hall–Kier alpha value is -4.46. The fourth-order valence-corrected chi connectivity index (χ4v) is 5.97. The maximum atomic E-state index is 14.5. The highest BCUT2D eigenvalue weighted by molar-refractivity contribution is 5.95. The molecule has 1 aliphatic carbocycles. The van der Waals surface area contributed by atoms with E-state index in [4.69, 9.17) is 0 Å². The monoisotopic (exact) mass is 571 g/mol. The summed E-state index contributed by atoms with van der Waals surface area (Å²) in [6.45, 7) is 0. The molecule has 2 amide bonds. The van der Waals surface area contributed by atoms with Crippen LogP contribution < -0.4 is 10.6 Å². The normalized spacial score (nSPS) is 14.8. The van der Waals surface area contributed by atoms with E-state index in [2.05, 4.69) is 15.6 Å². The van der Waals surface area contributed by atoms with Gasteiger partial charge in [0.15, 0.2) is 0 Å². The number of pyridine rings is 1. The Balaban J connectivity index is 1.58. The Morgan fingerprint density at radius 2 is 1.62 bits per heavy atom. The lowest BCUT2D eigenvalue weighted by Gasteiger charge is -2.27. The lowest BCUT2D eigenvalue weighted by molar-refractivity contribution is -0.124. The molecule has 5 rings (SSSR count). The second kappa shape index (κ2) is 13.0. The van der Waals surface area contributed by atoms with Crippen molar-refractivity contribution in [1.82, 2.24) is 15.6 Å². The Labute approximate surface area is 243 Å². The maximum absolute atomic E-state index is 14.5. The van der Waals surface area contributed by atoms with Gasteiger partial charge in [0.2, 0.25) is 5.91 Å². The molecule has 1 aliphatic rings. The van der Waals surface area contributed by atoms with Crippen LogP contribution in [0.1, 0.15) is 64.8 Å². The van der Waals surface area contributed by atoms with E-state index in [0.717, 1.165) is 37.3 Å². The molecule has 3 aromatic carbocycles. The molecule has 1 fully saturated rings. The van der Waals surface area contributed by atoms with Gasteiger partial charge >= 0.3 is 0 Å². The Morgan fingerprint density at radius 1 is 0.905 bits per heavy atom. The first-order valence-corrected chi connectivity index (χ1v) is 14.1. The molecule has 42 heavy (non-hydrogen) atoms. The Kier molecular flexibility index (Phi) is 9.00. The molecule has 1 unspecified atom stereocenters. The molecule has 1 saturated carbocycles. The van der Waals surface area contributed by atoms with Gasteiger partial charge in [0.05, 0.1) is 23.2 Å². The lowest BCUT2D eigenvalue weighted by Crippen LogP contribution is -2.37. The largest absolute Gasteiger partial charge is 0.355 e. The van der Waals surface area contributed by atoms with Gasteiger partial charge in [-0.3, -0.25) is 14.6 Å². The minimum atomic E-state index is -0.781. The van der Waals surface area contributed by atoms with E-state index >= 15 is 0 Å². The van der Waals surface area contributed by atoms with E-state index in [1.165, 1.54) is 37.4 Å². The number of hydrogen-bond acceptors (Lipinski definition) is 3. The molecule has 4 aromatic rings. The van der Waals surface area contributed by atoms with Crippen LogP contribution >= 0.6 is 0 Å². The molecule has 0 bridgehead atoms. The van der Waals surface area contributed by atoms with Crippen molar-refractivity contribution in [2.45, 2.75) is 44.1 Å². The molecule has 8 heteroatoms. The zero-order chi connectivity index (χ0) is 29.6. The summed E-state index contributed by atoms with van der Waals surface area (Å²) in [4.78, 5) is 31.1. The van der Waals surface area contributed by atoms with Gasteiger partial charge in [-0.25, -0.2) is 13.2 Å². The van der Waals surface area contributed by atoms with Gasteiger partial charge < -0.3 is 10.6 Å². The first-order chi connectivity index (χ1) is 20.3. The van der Waals surface area contributed by atoms with Gasteiger partial charge in [0.1, 0.15) is 17.5 Å². The molecule has 1 aromatic heterocycles. The van der Waals surface area contributed by atoms with Gasteiger partial charge in [0, 0.05) is 24.9 Å². The Morgan fingerprint density at radius 3 is 2.31 bits per heavy atom. The summed E-state index contributed by atoms with van der Waals surface area (Å²) >= 11 is 0. The number of carbonyl (C=O) groups excluding carboxylic acids is 2. The van der Waals surface area contributed by atoms with E-state index in [-0.39, 0.29) is 23.8 Å². The molecular weight excluding hydrogens is 539 g/mol. The van der Waals surface area contributed by atoms with Gasteiger partial charge in [-0.15, -0.1) is 0 Å². The topological polar surface area (TPSA) is 71.1 Å². The molecular formula is C34H32F3N3O2. The molecule has 0 saturated heterocycles. The third-order valence-electron chi connectivity index (χ3n) is 7.91. The molecule has 2 N–H and O–H groups in total. The summed E-state index contributed by atoms with van der Waals surface area (Å²) in [5.74, 6) is -3.14. The SMILES string of the molecule is CNC(=O)c1cc(-c2cccnc2[C@H](Cc2cc(F)cc(F)c2)NC(=O)C(c2ccccc2)C2CCCC2)ccc1F. The van der Waals surface area contributed by atoms with Crippen LogP contribution in [0.25, 0.3) is 11.1 Å². The summed E-state index contributed by atoms with van der Waals surface area (Å²) in [5, 5.41) is 5.61. The van der Waals surface area contributed by atoms with Crippen LogP contribution in [0.2, 0.25) is 0 Å². The van der Waals surface area contributed by atoms with E-state index in [1.807, 2.05) is 30.3 Å². The van der Waals surface area contributed by atoms with Gasteiger partial charge in [-0.2, -0.15) is 0 Å². The fourth-order valence-electron chi connectivity index (χ4n) is 5.97. The van der Waals surface area contributed by atoms with Crippen LogP contribution in [0.4, 0.5) is 13.2 Å². The van der Waals surface area contributed by atoms with Gasteiger partial charge in [0.25, 0.3) is 5.91 Å². The van der Waals surface area contributed by atoms with Crippen LogP contribution in [-0.4, -0.2) is 23.8 Å². The standard InChI is InChI=1S/C34H32F3N3O2/c1-38-33(41)28-19-24(13-14-29(28)37)27-12-7-15-39-32(27)30(18-21-16-25(35)20-26(36)17-21)40-34(42)31(23-10-5-6-11-23)22-8-3-2-4-9-22/h2-4,7-9,12-17,19-20,23,30-31H,5-6,10-11,18H2,1H3,(H,38,41)(H,40,42)/t30-,31?/m0/s1. The predicted octanol–water partition coefficient (Wildman–Crippen LogP) is 6.90. The fraction of sp³-hybridized carbons (Fsp3) is 0.265. The van der Waals surface area contributed by atoms with Crippen LogP contribution in [0, 0.1) is 23.4 Å². The predicted molar refractivity (Wildman–Crippen MR) is 155 cm³/mol. The number of amides is 2. The number of nitrogens with zero attached hydrogens (tertiary/aromatic N) is 1. The third kappa shape index (κ3) is 6.54. The van der Waals surface area contributed by atoms with Gasteiger partial charge in [-0.1, -0.05) is 55.3 Å². The number of carbonyl (C=O) groups is 2. The van der Waals surface area contributed by atoms with Crippen molar-refractivity contribution in [2.75, 3.05) is 7.05 Å². The van der Waals surface area contributed by atoms with Crippen LogP contribution in [0.3, 0.4) is 0 Å². The number of rotatable bonds is 9. The lowest BCUT2D eigenvalue weighted by atomic mass is 9.83. The molecule has 0 spiro atoms. The number of benzene rings is 3. The van der Waals surface area contributed by atoms with E-state index < -0.39 is 35.3 Å². The van der Waals surface area contributed by atoms with Crippen molar-refractivity contribution >= 4 is 11.8 Å². The van der Waals surface area contributed by atoms with Crippen LogP contribution in [0.5, 0.6) is 0 Å². The summed E-state index contributed by atoms with van der Waals surface area (Å²) in [6.07, 6.45) is 5.59. The number of nitrogens with one attached hydrogen (secondary N) is 2. The van der Waals surface area contributed by atoms with Crippen molar-refractivity contribution in [1.29, 1.82) is 0 Å². The van der Waals surface area contributed by atoms with Crippen molar-refractivity contribution in [3.8, 4) is 11.1 Å². The highest BCUT2D eigenvalue weighted by Gasteiger charge is 2.34. The quantitative estimate of drug-likeness (QED) is 0.230. The molecule has 0 radical (unpaired) electrons. The average Bonchev–Trinajstić information content (AvgIpc) is 3.51. The summed E-state index contributed by atoms with van der Waals surface area (Å²) in [7, 11) is 1.42. The average molecular weight is 572 g/mol. The van der Waals surface area contributed by atoms with E-state index in [0.29, 0.717) is 22.4 Å². The van der Waals surface area contributed by atoms with Crippen molar-refractivity contribution in [3.05, 3.63) is 125 Å². The summed E-state index contributed by atoms with van der Waals surface area (Å²) in [5.41, 5.74) is 2.62. The molecule has 0 aliphatic heterocycles. The first-order valence-electron chi connectivity index (χ1n) is 14.1. The zero-order valence-corrected chi connectivity index (χ0v) is 23.2. The molecule has 216 valence electrons. The highest BCUT2D eigenvalue weighted by Crippen LogP contribution is 2.38. The van der Waals surface area contributed by atoms with E-state index in [1.54, 1.807) is 18.3 Å². The van der Waals surface area contributed by atoms with Crippen molar-refractivity contribution in [2.24, 2.45) is 5.92 Å². The van der Waals surface area contributed by atoms with Gasteiger partial charge in [-0.05, 0) is 72.2 Å². The highest BCUT2D eigenvalue weighted by atomic mass is 19.1. The van der Waals surface area contributed by atoms with Crippen molar-refractivity contribution < 1.29 is 22.8 Å². The molecule has 1 heterocycles. The second-order valence-corrected chi connectivity index (χ2v) is 10.7. The van der Waals surface area contributed by atoms with Crippen molar-refractivity contribution in [3.63, 3.8) is 0 Å². The molecule has 2 atom stereocenters. The Bertz CT molecular complexity index is 1550. The minimum Gasteiger partial charge on any atom is -0.355 e. The van der Waals surface area contributed by atoms with Crippen LogP contribution in [0.15, 0.2) is 85.1 Å². The second-order valence-electron chi connectivity index (χ2n) is 10.7. The minimum absolute atomic E-state index is 0.0557. The third-order valence-corrected chi connectivity index (χ3v) is 7.91. The summed E-state index contributed by atoms with van der Waals surface area (Å²) in [6, 6.07) is 19.8. The van der Waals surface area contributed by atoms with Crippen LogP contribution in [-0.2, 0) is 11.2 Å². The number of hydrogen-bond donors (Lipinski definition) is 2. The number of aromatic nitrogens is 1. The zero-order valence-electron chi connectivity index (χ0n) is 23.2. The van der Waals surface area contributed by atoms with E-state index in [9.17, 15) is 22.8 Å². The maximum Gasteiger partial charge on any atom is 0.254 e. The smallest absolute Gasteiger partial charge is 0.254 e. The number of halogens is 3.